The fourth-order valence-electron chi connectivity index (χ4n) is 2.33. The van der Waals surface area contributed by atoms with Crippen LogP contribution >= 0.6 is 27.3 Å². The van der Waals surface area contributed by atoms with Crippen molar-refractivity contribution in [2.24, 2.45) is 0 Å². The van der Waals surface area contributed by atoms with Gasteiger partial charge in [0.2, 0.25) is 5.95 Å². The molecule has 0 aromatic carbocycles. The van der Waals surface area contributed by atoms with Gasteiger partial charge in [-0.15, -0.1) is 11.3 Å². The third-order valence-corrected chi connectivity index (χ3v) is 4.87. The van der Waals surface area contributed by atoms with Gasteiger partial charge in [-0.3, -0.25) is 0 Å². The molecule has 94 valence electrons. The van der Waals surface area contributed by atoms with E-state index in [4.69, 9.17) is 0 Å². The number of aromatic nitrogens is 1. The Hall–Kier alpha value is -0.940. The number of aryl methyl sites for hydroxylation is 1. The highest BCUT2D eigenvalue weighted by Gasteiger charge is 2.22. The second-order valence-electron chi connectivity index (χ2n) is 4.39. The van der Waals surface area contributed by atoms with E-state index in [-0.39, 0.29) is 0 Å². The molecule has 5 heteroatoms. The lowest BCUT2D eigenvalue weighted by molar-refractivity contribution is 0.582. The first kappa shape index (κ1) is 12.1. The number of hydrogen-bond donors (Lipinski definition) is 1. The number of rotatable bonds is 2. The Morgan fingerprint density at radius 2 is 2.33 bits per heavy atom. The highest BCUT2D eigenvalue weighted by atomic mass is 79.9. The largest absolute Gasteiger partial charge is 0.377 e. The molecule has 2 heterocycles. The maximum atomic E-state index is 12.8. The highest BCUT2D eigenvalue weighted by molar-refractivity contribution is 9.11. The quantitative estimate of drug-likeness (QED) is 0.820. The third-order valence-electron chi connectivity index (χ3n) is 3.15. The molecule has 1 N–H and O–H groups in total. The van der Waals surface area contributed by atoms with Gasteiger partial charge in [-0.1, -0.05) is 0 Å². The molecule has 2 aromatic heterocycles. The molecule has 3 rings (SSSR count). The van der Waals surface area contributed by atoms with Crippen LogP contribution < -0.4 is 5.32 Å². The van der Waals surface area contributed by atoms with Crippen LogP contribution in [0.2, 0.25) is 0 Å². The molecule has 0 amide bonds. The van der Waals surface area contributed by atoms with Crippen molar-refractivity contribution in [1.82, 2.24) is 4.98 Å². The van der Waals surface area contributed by atoms with E-state index >= 15 is 0 Å². The summed E-state index contributed by atoms with van der Waals surface area (Å²) < 4.78 is 13.9. The minimum absolute atomic E-state index is 0.309. The van der Waals surface area contributed by atoms with Crippen LogP contribution in [0.5, 0.6) is 0 Å². The average Bonchev–Trinajstić information content (AvgIpc) is 2.73. The Morgan fingerprint density at radius 1 is 1.44 bits per heavy atom. The molecule has 0 fully saturated rings. The number of halogens is 2. The first-order chi connectivity index (χ1) is 8.72. The number of nitrogens with one attached hydrogen (secondary N) is 1. The summed E-state index contributed by atoms with van der Waals surface area (Å²) in [4.78, 5) is 5.12. The van der Waals surface area contributed by atoms with E-state index in [2.05, 4.69) is 32.3 Å². The van der Waals surface area contributed by atoms with Crippen molar-refractivity contribution in [3.05, 3.63) is 44.6 Å². The van der Waals surface area contributed by atoms with Gasteiger partial charge in [-0.25, -0.2) is 4.98 Å². The van der Waals surface area contributed by atoms with Crippen molar-refractivity contribution in [2.45, 2.75) is 25.3 Å². The van der Waals surface area contributed by atoms with Crippen LogP contribution in [-0.4, -0.2) is 4.98 Å². The lowest BCUT2D eigenvalue weighted by atomic mass is 9.94. The number of hydrogen-bond acceptors (Lipinski definition) is 3. The fraction of sp³-hybridized carbons (Fsp3) is 0.308. The molecule has 0 aliphatic heterocycles. The van der Waals surface area contributed by atoms with E-state index in [1.165, 1.54) is 26.7 Å². The van der Waals surface area contributed by atoms with Crippen molar-refractivity contribution in [3.8, 4) is 0 Å². The van der Waals surface area contributed by atoms with Gasteiger partial charge < -0.3 is 5.32 Å². The van der Waals surface area contributed by atoms with Gasteiger partial charge in [0.1, 0.15) is 0 Å². The predicted molar refractivity (Wildman–Crippen MR) is 75.5 cm³/mol. The van der Waals surface area contributed by atoms with E-state index in [1.807, 2.05) is 11.3 Å². The first-order valence-electron chi connectivity index (χ1n) is 5.88. The van der Waals surface area contributed by atoms with Crippen molar-refractivity contribution in [2.75, 3.05) is 5.32 Å². The van der Waals surface area contributed by atoms with Crippen LogP contribution in [0.3, 0.4) is 0 Å². The highest BCUT2D eigenvalue weighted by Crippen LogP contribution is 2.39. The lowest BCUT2D eigenvalue weighted by Gasteiger charge is -2.24. The van der Waals surface area contributed by atoms with Gasteiger partial charge >= 0.3 is 0 Å². The molecular formula is C13H12BrFN2S. The standard InChI is InChI=1S/C13H12BrFN2S/c14-12-6-9-10(2-1-3-11(9)18-12)17-8-4-5-13(15)16-7-8/h4-7,10,17H,1-3H2. The maximum Gasteiger partial charge on any atom is 0.212 e. The predicted octanol–water partition coefficient (Wildman–Crippen LogP) is 4.53. The van der Waals surface area contributed by atoms with Crippen LogP contribution in [0.15, 0.2) is 28.2 Å². The topological polar surface area (TPSA) is 24.9 Å². The minimum atomic E-state index is -0.442. The Kier molecular flexibility index (Phi) is 3.35. The Bertz CT molecular complexity index is 553. The molecule has 0 saturated carbocycles. The van der Waals surface area contributed by atoms with Crippen LogP contribution in [0.4, 0.5) is 10.1 Å². The maximum absolute atomic E-state index is 12.8. The monoisotopic (exact) mass is 326 g/mol. The van der Waals surface area contributed by atoms with E-state index in [0.717, 1.165) is 18.5 Å². The summed E-state index contributed by atoms with van der Waals surface area (Å²) >= 11 is 5.35. The Balaban J connectivity index is 1.83. The zero-order valence-electron chi connectivity index (χ0n) is 9.62. The molecule has 2 nitrogen and oxygen atoms in total. The van der Waals surface area contributed by atoms with Crippen molar-refractivity contribution in [3.63, 3.8) is 0 Å². The fourth-order valence-corrected chi connectivity index (χ4v) is 4.15. The number of anilines is 1. The molecule has 0 spiro atoms. The number of thiophene rings is 1. The molecule has 18 heavy (non-hydrogen) atoms. The molecule has 1 unspecified atom stereocenters. The van der Waals surface area contributed by atoms with Crippen molar-refractivity contribution in [1.29, 1.82) is 0 Å². The summed E-state index contributed by atoms with van der Waals surface area (Å²) in [5.74, 6) is -0.442. The van der Waals surface area contributed by atoms with Crippen LogP contribution in [0.1, 0.15) is 29.3 Å². The third kappa shape index (κ3) is 2.42. The summed E-state index contributed by atoms with van der Waals surface area (Å²) in [6.45, 7) is 0. The molecule has 2 aromatic rings. The summed E-state index contributed by atoms with van der Waals surface area (Å²) in [6, 6.07) is 5.62. The zero-order valence-corrected chi connectivity index (χ0v) is 12.0. The van der Waals surface area contributed by atoms with Gasteiger partial charge in [0.15, 0.2) is 0 Å². The normalized spacial score (nSPS) is 18.4. The van der Waals surface area contributed by atoms with Crippen LogP contribution in [0, 0.1) is 5.95 Å². The molecule has 1 aliphatic carbocycles. The zero-order chi connectivity index (χ0) is 12.5. The van der Waals surface area contributed by atoms with Gasteiger partial charge in [0, 0.05) is 4.88 Å². The smallest absolute Gasteiger partial charge is 0.212 e. The number of fused-ring (bicyclic) bond motifs is 1. The van der Waals surface area contributed by atoms with E-state index in [9.17, 15) is 4.39 Å². The molecule has 0 bridgehead atoms. The molecule has 0 saturated heterocycles. The Morgan fingerprint density at radius 3 is 3.11 bits per heavy atom. The number of nitrogens with zero attached hydrogens (tertiary/aromatic N) is 1. The van der Waals surface area contributed by atoms with E-state index in [0.29, 0.717) is 6.04 Å². The summed E-state index contributed by atoms with van der Waals surface area (Å²) in [5, 5.41) is 3.43. The van der Waals surface area contributed by atoms with Crippen LogP contribution in [-0.2, 0) is 6.42 Å². The van der Waals surface area contributed by atoms with Crippen molar-refractivity contribution < 1.29 is 4.39 Å². The molecule has 0 radical (unpaired) electrons. The number of pyridine rings is 1. The lowest BCUT2D eigenvalue weighted by Crippen LogP contribution is -2.15. The van der Waals surface area contributed by atoms with Gasteiger partial charge in [-0.05, 0) is 59.0 Å². The first-order valence-corrected chi connectivity index (χ1v) is 7.49. The SMILES string of the molecule is Fc1ccc(NC2CCCc3sc(Br)cc32)cn1. The van der Waals surface area contributed by atoms with Gasteiger partial charge in [0.05, 0.1) is 21.7 Å². The van der Waals surface area contributed by atoms with E-state index < -0.39 is 5.95 Å². The molecule has 1 atom stereocenters. The van der Waals surface area contributed by atoms with Crippen LogP contribution in [0.25, 0.3) is 0 Å². The second kappa shape index (κ2) is 4.97. The van der Waals surface area contributed by atoms with Gasteiger partial charge in [0.25, 0.3) is 0 Å². The second-order valence-corrected chi connectivity index (χ2v) is 6.90. The minimum Gasteiger partial charge on any atom is -0.377 e. The van der Waals surface area contributed by atoms with Gasteiger partial charge in [-0.2, -0.15) is 4.39 Å². The summed E-state index contributed by atoms with van der Waals surface area (Å²) in [7, 11) is 0. The summed E-state index contributed by atoms with van der Waals surface area (Å²) in [6.07, 6.45) is 5.00. The summed E-state index contributed by atoms with van der Waals surface area (Å²) in [5.41, 5.74) is 2.24. The van der Waals surface area contributed by atoms with E-state index in [1.54, 1.807) is 12.3 Å². The molecular weight excluding hydrogens is 315 g/mol. The van der Waals surface area contributed by atoms with Crippen molar-refractivity contribution >= 4 is 33.0 Å². The average molecular weight is 327 g/mol. The Labute approximate surface area is 117 Å². The molecule has 1 aliphatic rings.